The van der Waals surface area contributed by atoms with Crippen LogP contribution in [0.3, 0.4) is 0 Å². The van der Waals surface area contributed by atoms with E-state index in [0.717, 1.165) is 5.56 Å². The Kier molecular flexibility index (Phi) is 3.92. The monoisotopic (exact) mass is 350 g/mol. The fourth-order valence-electron chi connectivity index (χ4n) is 2.46. The molecule has 0 N–H and O–H groups in total. The van der Waals surface area contributed by atoms with Crippen LogP contribution in [-0.2, 0) is 0 Å². The molecule has 3 rings (SSSR count). The fourth-order valence-corrected chi connectivity index (χ4v) is 3.00. The first-order valence-electron chi connectivity index (χ1n) is 6.73. The molecule has 0 atom stereocenters. The standard InChI is InChI=1S/C16H12Cl2N2O3/c1-9-7-8-11(17)14(13(9)18)19-12-6-4-3-5-10(12)15(21)20(23-2)16(19)22/h3-8H,1-2H3. The number of fused-ring (bicyclic) bond motifs is 1. The fraction of sp³-hybridized carbons (Fsp3) is 0.125. The van der Waals surface area contributed by atoms with Crippen LogP contribution in [0.1, 0.15) is 5.56 Å². The van der Waals surface area contributed by atoms with Crippen LogP contribution in [0.4, 0.5) is 0 Å². The molecular weight excluding hydrogens is 339 g/mol. The van der Waals surface area contributed by atoms with Crippen molar-refractivity contribution in [1.29, 1.82) is 0 Å². The second-order valence-electron chi connectivity index (χ2n) is 4.94. The zero-order chi connectivity index (χ0) is 16.7. The molecule has 0 fully saturated rings. The predicted octanol–water partition coefficient (Wildman–Crippen LogP) is 2.83. The molecule has 0 unspecified atom stereocenters. The molecule has 0 spiro atoms. The maximum Gasteiger partial charge on any atom is 0.369 e. The molecule has 7 heteroatoms. The minimum atomic E-state index is -0.675. The van der Waals surface area contributed by atoms with Crippen LogP contribution < -0.4 is 16.1 Å². The number of aryl methyl sites for hydroxylation is 1. The lowest BCUT2D eigenvalue weighted by atomic mass is 10.2. The molecule has 0 aliphatic carbocycles. The van der Waals surface area contributed by atoms with Crippen LogP contribution in [-0.4, -0.2) is 16.4 Å². The van der Waals surface area contributed by atoms with Gasteiger partial charge in [-0.3, -0.25) is 9.36 Å². The van der Waals surface area contributed by atoms with E-state index in [4.69, 9.17) is 28.0 Å². The van der Waals surface area contributed by atoms with Gasteiger partial charge in [0.05, 0.1) is 26.6 Å². The SMILES string of the molecule is COn1c(=O)c2ccccc2n(-c2c(Cl)ccc(C)c2Cl)c1=O. The summed E-state index contributed by atoms with van der Waals surface area (Å²) in [5, 5.41) is 0.961. The smallest absolute Gasteiger partial charge is 0.369 e. The molecule has 0 saturated carbocycles. The Balaban J connectivity index is 2.61. The average Bonchev–Trinajstić information content (AvgIpc) is 2.55. The lowest BCUT2D eigenvalue weighted by Gasteiger charge is -2.16. The molecule has 0 radical (unpaired) electrons. The first-order valence-corrected chi connectivity index (χ1v) is 7.49. The molecule has 0 saturated heterocycles. The second-order valence-corrected chi connectivity index (χ2v) is 5.73. The van der Waals surface area contributed by atoms with Crippen molar-refractivity contribution in [3.63, 3.8) is 0 Å². The molecule has 3 aromatic rings. The van der Waals surface area contributed by atoms with Crippen molar-refractivity contribution in [2.75, 3.05) is 7.11 Å². The van der Waals surface area contributed by atoms with Gasteiger partial charge in [-0.2, -0.15) is 0 Å². The van der Waals surface area contributed by atoms with Gasteiger partial charge in [0.25, 0.3) is 5.56 Å². The summed E-state index contributed by atoms with van der Waals surface area (Å²) in [6, 6.07) is 10.1. The Morgan fingerprint density at radius 2 is 1.74 bits per heavy atom. The zero-order valence-electron chi connectivity index (χ0n) is 12.3. The highest BCUT2D eigenvalue weighted by atomic mass is 35.5. The Hall–Kier alpha value is -2.24. The number of halogens is 2. The second kappa shape index (κ2) is 5.76. The number of para-hydroxylation sites is 1. The van der Waals surface area contributed by atoms with Gasteiger partial charge >= 0.3 is 5.69 Å². The van der Waals surface area contributed by atoms with Crippen LogP contribution in [0.5, 0.6) is 0 Å². The molecule has 0 aliphatic rings. The number of rotatable bonds is 2. The average molecular weight is 351 g/mol. The molecule has 1 aromatic heterocycles. The lowest BCUT2D eigenvalue weighted by molar-refractivity contribution is 0.144. The van der Waals surface area contributed by atoms with Crippen molar-refractivity contribution in [2.45, 2.75) is 6.92 Å². The van der Waals surface area contributed by atoms with Crippen molar-refractivity contribution in [3.8, 4) is 5.69 Å². The predicted molar refractivity (Wildman–Crippen MR) is 91.1 cm³/mol. The van der Waals surface area contributed by atoms with E-state index < -0.39 is 11.2 Å². The molecular formula is C16H12Cl2N2O3. The number of aromatic nitrogens is 2. The van der Waals surface area contributed by atoms with Crippen molar-refractivity contribution in [2.24, 2.45) is 0 Å². The van der Waals surface area contributed by atoms with Crippen LogP contribution in [0, 0.1) is 6.92 Å². The summed E-state index contributed by atoms with van der Waals surface area (Å²) in [5.41, 5.74) is 0.276. The highest BCUT2D eigenvalue weighted by Gasteiger charge is 2.19. The van der Waals surface area contributed by atoms with Gasteiger partial charge < -0.3 is 4.84 Å². The van der Waals surface area contributed by atoms with Crippen molar-refractivity contribution < 1.29 is 4.84 Å². The number of nitrogens with zero attached hydrogens (tertiary/aromatic N) is 2. The molecule has 0 aliphatic heterocycles. The Morgan fingerprint density at radius 3 is 2.43 bits per heavy atom. The normalized spacial score (nSPS) is 11.0. The maximum atomic E-state index is 12.7. The quantitative estimate of drug-likeness (QED) is 0.714. The van der Waals surface area contributed by atoms with E-state index in [1.165, 1.54) is 11.7 Å². The van der Waals surface area contributed by atoms with Gasteiger partial charge in [-0.05, 0) is 30.7 Å². The van der Waals surface area contributed by atoms with Crippen LogP contribution >= 0.6 is 23.2 Å². The first-order chi connectivity index (χ1) is 11.0. The van der Waals surface area contributed by atoms with Gasteiger partial charge in [0.2, 0.25) is 0 Å². The van der Waals surface area contributed by atoms with Crippen LogP contribution in [0.15, 0.2) is 46.0 Å². The topological polar surface area (TPSA) is 53.2 Å². The molecule has 2 aromatic carbocycles. The van der Waals surface area contributed by atoms with Gasteiger partial charge in [0.15, 0.2) is 0 Å². The summed E-state index contributed by atoms with van der Waals surface area (Å²) in [4.78, 5) is 30.0. The summed E-state index contributed by atoms with van der Waals surface area (Å²) in [5.74, 6) is 0. The van der Waals surface area contributed by atoms with E-state index in [9.17, 15) is 9.59 Å². The molecule has 0 amide bonds. The van der Waals surface area contributed by atoms with E-state index in [1.807, 2.05) is 6.92 Å². The Labute approximate surface area is 141 Å². The van der Waals surface area contributed by atoms with Crippen LogP contribution in [0.25, 0.3) is 16.6 Å². The highest BCUT2D eigenvalue weighted by molar-refractivity contribution is 6.38. The van der Waals surface area contributed by atoms with Crippen molar-refractivity contribution in [3.05, 3.63) is 72.8 Å². The van der Waals surface area contributed by atoms with E-state index >= 15 is 0 Å². The van der Waals surface area contributed by atoms with Gasteiger partial charge in [0, 0.05) is 0 Å². The lowest BCUT2D eigenvalue weighted by Crippen LogP contribution is -2.42. The number of hydrogen-bond donors (Lipinski definition) is 0. The Bertz CT molecular complexity index is 1040. The van der Waals surface area contributed by atoms with E-state index in [-0.39, 0.29) is 0 Å². The zero-order valence-corrected chi connectivity index (χ0v) is 13.9. The molecule has 1 heterocycles. The summed E-state index contributed by atoms with van der Waals surface area (Å²) in [6.45, 7) is 1.81. The maximum absolute atomic E-state index is 12.7. The first kappa shape index (κ1) is 15.6. The highest BCUT2D eigenvalue weighted by Crippen LogP contribution is 2.31. The Morgan fingerprint density at radius 1 is 1.04 bits per heavy atom. The van der Waals surface area contributed by atoms with E-state index in [2.05, 4.69) is 0 Å². The van der Waals surface area contributed by atoms with Crippen molar-refractivity contribution >= 4 is 34.1 Å². The van der Waals surface area contributed by atoms with Gasteiger partial charge in [-0.25, -0.2) is 4.79 Å². The molecule has 5 nitrogen and oxygen atoms in total. The third-order valence-corrected chi connectivity index (χ3v) is 4.37. The van der Waals surface area contributed by atoms with Gasteiger partial charge in [-0.15, -0.1) is 0 Å². The number of benzene rings is 2. The minimum Gasteiger partial charge on any atom is -0.409 e. The molecule has 0 bridgehead atoms. The third-order valence-electron chi connectivity index (χ3n) is 3.59. The largest absolute Gasteiger partial charge is 0.409 e. The number of hydrogen-bond acceptors (Lipinski definition) is 3. The third kappa shape index (κ3) is 2.33. The van der Waals surface area contributed by atoms with Crippen LogP contribution in [0.2, 0.25) is 10.0 Å². The van der Waals surface area contributed by atoms with E-state index in [0.29, 0.717) is 31.4 Å². The molecule has 23 heavy (non-hydrogen) atoms. The summed E-state index contributed by atoms with van der Waals surface area (Å²) in [6.07, 6.45) is 0. The van der Waals surface area contributed by atoms with Gasteiger partial charge in [0.1, 0.15) is 7.11 Å². The van der Waals surface area contributed by atoms with Crippen molar-refractivity contribution in [1.82, 2.24) is 9.30 Å². The minimum absolute atomic E-state index is 0.300. The molecule has 118 valence electrons. The summed E-state index contributed by atoms with van der Waals surface area (Å²) in [7, 11) is 1.25. The van der Waals surface area contributed by atoms with E-state index in [1.54, 1.807) is 36.4 Å². The summed E-state index contributed by atoms with van der Waals surface area (Å²) >= 11 is 12.6. The summed E-state index contributed by atoms with van der Waals surface area (Å²) < 4.78 is 1.97. The van der Waals surface area contributed by atoms with Gasteiger partial charge in [-0.1, -0.05) is 46.1 Å².